The summed E-state index contributed by atoms with van der Waals surface area (Å²) >= 11 is 1.20. The highest BCUT2D eigenvalue weighted by molar-refractivity contribution is 7.90. The van der Waals surface area contributed by atoms with Gasteiger partial charge in [-0.1, -0.05) is 20.8 Å². The molecule has 2 heterocycles. The van der Waals surface area contributed by atoms with Crippen molar-refractivity contribution in [3.8, 4) is 0 Å². The van der Waals surface area contributed by atoms with E-state index in [-0.39, 0.29) is 24.5 Å². The molecule has 11 heteroatoms. The normalized spacial score (nSPS) is 19.0. The zero-order chi connectivity index (χ0) is 17.5. The van der Waals surface area contributed by atoms with Crippen molar-refractivity contribution in [2.45, 2.75) is 50.6 Å². The van der Waals surface area contributed by atoms with Gasteiger partial charge in [-0.2, -0.15) is 21.9 Å². The first-order valence-electron chi connectivity index (χ1n) is 7.08. The lowest BCUT2D eigenvalue weighted by Crippen LogP contribution is -2.47. The van der Waals surface area contributed by atoms with Crippen molar-refractivity contribution in [1.82, 2.24) is 13.7 Å². The van der Waals surface area contributed by atoms with Gasteiger partial charge in [0.05, 0.1) is 0 Å². The Labute approximate surface area is 137 Å². The topological polar surface area (TPSA) is 75.2 Å². The smallest absolute Gasteiger partial charge is 0.357 e. The summed E-state index contributed by atoms with van der Waals surface area (Å²) in [4.78, 5) is 4.37. The molecule has 0 unspecified atom stereocenters. The molecule has 0 bridgehead atoms. The van der Waals surface area contributed by atoms with Gasteiger partial charge in [0, 0.05) is 36.1 Å². The molecule has 0 atom stereocenters. The molecule has 0 saturated carbocycles. The van der Waals surface area contributed by atoms with Crippen molar-refractivity contribution in [2.75, 3.05) is 18.4 Å². The molecule has 1 fully saturated rings. The summed E-state index contributed by atoms with van der Waals surface area (Å²) in [5, 5.41) is 3.73. The molecule has 132 valence electrons. The second-order valence-corrected chi connectivity index (χ2v) is 9.12. The number of piperidine rings is 1. The molecule has 0 aromatic carbocycles. The summed E-state index contributed by atoms with van der Waals surface area (Å²) in [5.41, 5.74) is -5.42. The number of rotatable bonds is 3. The Morgan fingerprint density at radius 2 is 1.78 bits per heavy atom. The lowest BCUT2D eigenvalue weighted by molar-refractivity contribution is -0.0494. The van der Waals surface area contributed by atoms with E-state index in [0.29, 0.717) is 28.1 Å². The van der Waals surface area contributed by atoms with Gasteiger partial charge in [0.15, 0.2) is 0 Å². The molecular formula is C12H19F3N4O2S2. The fraction of sp³-hybridized carbons (Fsp3) is 0.833. The lowest BCUT2D eigenvalue weighted by atomic mass is 9.96. The Hall–Kier alpha value is -0.940. The van der Waals surface area contributed by atoms with Gasteiger partial charge in [-0.15, -0.1) is 0 Å². The number of hydrogen-bond donors (Lipinski definition) is 1. The first-order valence-corrected chi connectivity index (χ1v) is 9.30. The number of aromatic nitrogens is 2. The first kappa shape index (κ1) is 18.4. The van der Waals surface area contributed by atoms with Crippen LogP contribution in [-0.4, -0.2) is 46.7 Å². The molecule has 1 aliphatic heterocycles. The van der Waals surface area contributed by atoms with Crippen molar-refractivity contribution >= 4 is 26.7 Å². The quantitative estimate of drug-likeness (QED) is 0.883. The molecule has 6 nitrogen and oxygen atoms in total. The van der Waals surface area contributed by atoms with Gasteiger partial charge in [0.1, 0.15) is 5.82 Å². The van der Waals surface area contributed by atoms with Gasteiger partial charge in [-0.25, -0.2) is 13.4 Å². The number of nitrogens with zero attached hydrogens (tertiary/aromatic N) is 3. The maximum Gasteiger partial charge on any atom is 0.511 e. The molecule has 0 amide bonds. The average Bonchev–Trinajstić information content (AvgIpc) is 2.86. The minimum Gasteiger partial charge on any atom is -0.357 e. The zero-order valence-electron chi connectivity index (χ0n) is 13.0. The van der Waals surface area contributed by atoms with Gasteiger partial charge in [0.2, 0.25) is 5.13 Å². The monoisotopic (exact) mass is 372 g/mol. The number of halogens is 3. The molecule has 1 N–H and O–H groups in total. The molecule has 23 heavy (non-hydrogen) atoms. The molecule has 2 rings (SSSR count). The number of nitrogens with one attached hydrogen (secondary N) is 1. The Balaban J connectivity index is 1.94. The van der Waals surface area contributed by atoms with E-state index in [1.54, 1.807) is 0 Å². The third-order valence-corrected chi connectivity index (χ3v) is 5.79. The Bertz CT molecular complexity index is 644. The van der Waals surface area contributed by atoms with Gasteiger partial charge >= 0.3 is 15.5 Å². The summed E-state index contributed by atoms with van der Waals surface area (Å²) < 4.78 is 65.0. The second-order valence-electron chi connectivity index (χ2n) is 6.44. The Morgan fingerprint density at radius 1 is 1.22 bits per heavy atom. The maximum absolute atomic E-state index is 12.5. The predicted molar refractivity (Wildman–Crippen MR) is 81.8 cm³/mol. The molecule has 1 aliphatic rings. The van der Waals surface area contributed by atoms with Crippen molar-refractivity contribution in [1.29, 1.82) is 0 Å². The van der Waals surface area contributed by atoms with Gasteiger partial charge in [0.25, 0.3) is 0 Å². The molecule has 1 aromatic heterocycles. The molecular weight excluding hydrogens is 353 g/mol. The standard InChI is InChI=1S/C12H19F3N4O2S2/c1-11(2,3)9-17-10(22-18-9)16-8-4-6-19(7-5-8)23(20,21)12(13,14)15/h8H,4-7H2,1-3H3,(H,16,17,18). The van der Waals surface area contributed by atoms with Crippen LogP contribution in [0.15, 0.2) is 0 Å². The zero-order valence-corrected chi connectivity index (χ0v) is 14.6. The van der Waals surface area contributed by atoms with E-state index in [0.717, 1.165) is 0 Å². The van der Waals surface area contributed by atoms with Gasteiger partial charge < -0.3 is 5.32 Å². The number of sulfonamides is 1. The van der Waals surface area contributed by atoms with Crippen LogP contribution in [-0.2, 0) is 15.4 Å². The summed E-state index contributed by atoms with van der Waals surface area (Å²) in [6.07, 6.45) is 0.583. The van der Waals surface area contributed by atoms with Crippen LogP contribution in [0, 0.1) is 0 Å². The molecule has 0 radical (unpaired) electrons. The molecule has 0 spiro atoms. The Kier molecular flexibility index (Phi) is 4.94. The third-order valence-electron chi connectivity index (χ3n) is 3.51. The van der Waals surface area contributed by atoms with E-state index in [2.05, 4.69) is 14.7 Å². The van der Waals surface area contributed by atoms with E-state index in [9.17, 15) is 21.6 Å². The first-order chi connectivity index (χ1) is 10.4. The maximum atomic E-state index is 12.5. The van der Waals surface area contributed by atoms with Crippen molar-refractivity contribution in [3.63, 3.8) is 0 Å². The van der Waals surface area contributed by atoms with Crippen molar-refractivity contribution in [3.05, 3.63) is 5.82 Å². The number of anilines is 1. The fourth-order valence-electron chi connectivity index (χ4n) is 2.15. The SMILES string of the molecule is CC(C)(C)c1nsc(NC2CCN(S(=O)(=O)C(F)(F)F)CC2)n1. The number of hydrogen-bond acceptors (Lipinski definition) is 6. The van der Waals surface area contributed by atoms with Crippen molar-refractivity contribution in [2.24, 2.45) is 0 Å². The summed E-state index contributed by atoms with van der Waals surface area (Å²) in [6, 6.07) is -0.115. The van der Waals surface area contributed by atoms with E-state index >= 15 is 0 Å². The van der Waals surface area contributed by atoms with Crippen LogP contribution in [0.1, 0.15) is 39.4 Å². The fourth-order valence-corrected chi connectivity index (χ4v) is 3.97. The molecule has 0 aliphatic carbocycles. The van der Waals surface area contributed by atoms with Crippen LogP contribution in [0.4, 0.5) is 18.3 Å². The molecule has 1 saturated heterocycles. The van der Waals surface area contributed by atoms with Crippen LogP contribution in [0.25, 0.3) is 0 Å². The van der Waals surface area contributed by atoms with Crippen LogP contribution in [0.3, 0.4) is 0 Å². The van der Waals surface area contributed by atoms with Crippen LogP contribution >= 0.6 is 11.5 Å². The van der Waals surface area contributed by atoms with Gasteiger partial charge in [-0.05, 0) is 12.8 Å². The molecule has 1 aromatic rings. The second kappa shape index (κ2) is 6.17. The van der Waals surface area contributed by atoms with Crippen LogP contribution < -0.4 is 5.32 Å². The summed E-state index contributed by atoms with van der Waals surface area (Å²) in [7, 11) is -5.23. The van der Waals surface area contributed by atoms with Gasteiger partial charge in [-0.3, -0.25) is 0 Å². The Morgan fingerprint density at radius 3 is 2.22 bits per heavy atom. The highest BCUT2D eigenvalue weighted by Crippen LogP contribution is 2.30. The summed E-state index contributed by atoms with van der Waals surface area (Å²) in [5.74, 6) is 0.696. The van der Waals surface area contributed by atoms with E-state index in [1.807, 2.05) is 20.8 Å². The largest absolute Gasteiger partial charge is 0.511 e. The van der Waals surface area contributed by atoms with E-state index < -0.39 is 15.5 Å². The van der Waals surface area contributed by atoms with Crippen LogP contribution in [0.5, 0.6) is 0 Å². The van der Waals surface area contributed by atoms with E-state index in [4.69, 9.17) is 0 Å². The lowest BCUT2D eigenvalue weighted by Gasteiger charge is -2.31. The number of alkyl halides is 3. The average molecular weight is 372 g/mol. The third kappa shape index (κ3) is 4.13. The van der Waals surface area contributed by atoms with Crippen LogP contribution in [0.2, 0.25) is 0 Å². The highest BCUT2D eigenvalue weighted by Gasteiger charge is 2.50. The minimum atomic E-state index is -5.24. The van der Waals surface area contributed by atoms with Crippen molar-refractivity contribution < 1.29 is 21.6 Å². The summed E-state index contributed by atoms with van der Waals surface area (Å²) in [6.45, 7) is 5.63. The highest BCUT2D eigenvalue weighted by atomic mass is 32.2. The van der Waals surface area contributed by atoms with E-state index in [1.165, 1.54) is 11.5 Å². The minimum absolute atomic E-state index is 0.115. The predicted octanol–water partition coefficient (Wildman–Crippen LogP) is 2.56.